The van der Waals surface area contributed by atoms with Gasteiger partial charge < -0.3 is 9.64 Å². The minimum atomic E-state index is 0.278. The molecule has 134 valence electrons. The highest BCUT2D eigenvalue weighted by Gasteiger charge is 2.50. The van der Waals surface area contributed by atoms with Crippen LogP contribution in [0.2, 0.25) is 0 Å². The standard InChI is InChI=1S/C18H25N5OS/c1-14-20-21-17(25-14)23-12-18(13-23)8-15(5-7-22(18)2)10-24-11-16-4-3-6-19-9-16/h3-4,6,9,15H,5,7-8,10-13H2,1-2H3/t15-/m1/s1. The van der Waals surface area contributed by atoms with Gasteiger partial charge in [-0.1, -0.05) is 17.4 Å². The average Bonchev–Trinajstić information content (AvgIpc) is 3.01. The van der Waals surface area contributed by atoms with Crippen LogP contribution in [0.4, 0.5) is 5.13 Å². The van der Waals surface area contributed by atoms with E-state index in [9.17, 15) is 0 Å². The van der Waals surface area contributed by atoms with Crippen molar-refractivity contribution < 1.29 is 4.74 Å². The summed E-state index contributed by atoms with van der Waals surface area (Å²) in [5.41, 5.74) is 1.42. The molecule has 0 saturated carbocycles. The van der Waals surface area contributed by atoms with Gasteiger partial charge in [0.15, 0.2) is 0 Å². The summed E-state index contributed by atoms with van der Waals surface area (Å²) in [6, 6.07) is 4.03. The van der Waals surface area contributed by atoms with Crippen LogP contribution in [0.15, 0.2) is 24.5 Å². The van der Waals surface area contributed by atoms with E-state index in [0.29, 0.717) is 12.5 Å². The van der Waals surface area contributed by atoms with Crippen LogP contribution in [-0.2, 0) is 11.3 Å². The lowest BCUT2D eigenvalue weighted by Gasteiger charge is -2.58. The molecule has 1 spiro atoms. The van der Waals surface area contributed by atoms with Crippen LogP contribution in [0.3, 0.4) is 0 Å². The first-order chi connectivity index (χ1) is 12.1. The molecule has 2 aliphatic rings. The van der Waals surface area contributed by atoms with Crippen molar-refractivity contribution in [3.8, 4) is 0 Å². The zero-order chi connectivity index (χ0) is 17.3. The van der Waals surface area contributed by atoms with Crippen LogP contribution in [-0.4, -0.2) is 58.9 Å². The zero-order valence-electron chi connectivity index (χ0n) is 14.9. The van der Waals surface area contributed by atoms with E-state index in [4.69, 9.17) is 4.74 Å². The summed E-state index contributed by atoms with van der Waals surface area (Å²) >= 11 is 1.69. The Hall–Kier alpha value is -1.57. The number of anilines is 1. The lowest BCUT2D eigenvalue weighted by atomic mass is 9.75. The zero-order valence-corrected chi connectivity index (χ0v) is 15.7. The molecule has 2 aromatic rings. The third kappa shape index (κ3) is 3.54. The molecule has 0 bridgehead atoms. The van der Waals surface area contributed by atoms with Gasteiger partial charge in [0.1, 0.15) is 5.01 Å². The Labute approximate surface area is 152 Å². The van der Waals surface area contributed by atoms with Crippen molar-refractivity contribution >= 4 is 16.5 Å². The number of piperidine rings is 1. The van der Waals surface area contributed by atoms with Crippen LogP contribution in [0.1, 0.15) is 23.4 Å². The van der Waals surface area contributed by atoms with E-state index in [0.717, 1.165) is 41.9 Å². The van der Waals surface area contributed by atoms with Crippen molar-refractivity contribution in [1.82, 2.24) is 20.1 Å². The van der Waals surface area contributed by atoms with Gasteiger partial charge in [-0.05, 0) is 50.9 Å². The van der Waals surface area contributed by atoms with Crippen LogP contribution < -0.4 is 4.90 Å². The Balaban J connectivity index is 1.30. The molecule has 2 fully saturated rings. The lowest BCUT2D eigenvalue weighted by molar-refractivity contribution is -0.0153. The summed E-state index contributed by atoms with van der Waals surface area (Å²) in [5, 5.41) is 10.5. The minimum Gasteiger partial charge on any atom is -0.376 e. The fraction of sp³-hybridized carbons (Fsp3) is 0.611. The quantitative estimate of drug-likeness (QED) is 0.817. The predicted molar refractivity (Wildman–Crippen MR) is 98.8 cm³/mol. The van der Waals surface area contributed by atoms with Gasteiger partial charge in [0, 0.05) is 32.1 Å². The third-order valence-electron chi connectivity index (χ3n) is 5.45. The SMILES string of the molecule is Cc1nnc(N2CC3(C[C@H](COCc4cccnc4)CCN3C)C2)s1. The van der Waals surface area contributed by atoms with Crippen LogP contribution in [0.5, 0.6) is 0 Å². The maximum absolute atomic E-state index is 5.98. The molecule has 6 nitrogen and oxygen atoms in total. The van der Waals surface area contributed by atoms with E-state index in [1.165, 1.54) is 12.8 Å². The fourth-order valence-electron chi connectivity index (χ4n) is 3.96. The molecule has 0 N–H and O–H groups in total. The smallest absolute Gasteiger partial charge is 0.208 e. The van der Waals surface area contributed by atoms with Gasteiger partial charge >= 0.3 is 0 Å². The number of ether oxygens (including phenoxy) is 1. The van der Waals surface area contributed by atoms with E-state index >= 15 is 0 Å². The molecular weight excluding hydrogens is 334 g/mol. The summed E-state index contributed by atoms with van der Waals surface area (Å²) in [5.74, 6) is 0.631. The number of likely N-dealkylation sites (N-methyl/N-ethyl adjacent to an activating group) is 1. The van der Waals surface area contributed by atoms with Crippen molar-refractivity contribution in [1.29, 1.82) is 0 Å². The number of aryl methyl sites for hydroxylation is 1. The number of pyridine rings is 1. The van der Waals surface area contributed by atoms with Crippen LogP contribution in [0, 0.1) is 12.8 Å². The molecular formula is C18H25N5OS. The molecule has 4 rings (SSSR count). The Morgan fingerprint density at radius 1 is 1.36 bits per heavy atom. The topological polar surface area (TPSA) is 54.4 Å². The Morgan fingerprint density at radius 3 is 2.96 bits per heavy atom. The Kier molecular flexibility index (Phi) is 4.71. The van der Waals surface area contributed by atoms with Gasteiger partial charge in [0.25, 0.3) is 0 Å². The van der Waals surface area contributed by atoms with Gasteiger partial charge in [-0.25, -0.2) is 0 Å². The summed E-state index contributed by atoms with van der Waals surface area (Å²) in [6.07, 6.45) is 6.09. The number of likely N-dealkylation sites (tertiary alicyclic amines) is 1. The molecule has 25 heavy (non-hydrogen) atoms. The van der Waals surface area contributed by atoms with E-state index in [-0.39, 0.29) is 5.54 Å². The van der Waals surface area contributed by atoms with Crippen molar-refractivity contribution in [3.63, 3.8) is 0 Å². The molecule has 4 heterocycles. The minimum absolute atomic E-state index is 0.278. The second-order valence-corrected chi connectivity index (χ2v) is 8.50. The predicted octanol–water partition coefficient (Wildman–Crippen LogP) is 2.36. The first-order valence-electron chi connectivity index (χ1n) is 8.88. The van der Waals surface area contributed by atoms with Gasteiger partial charge in [0.05, 0.1) is 12.1 Å². The molecule has 2 saturated heterocycles. The van der Waals surface area contributed by atoms with Gasteiger partial charge in [-0.15, -0.1) is 10.2 Å². The molecule has 2 aromatic heterocycles. The van der Waals surface area contributed by atoms with E-state index in [1.807, 2.05) is 19.2 Å². The normalized spacial score (nSPS) is 23.0. The Morgan fingerprint density at radius 2 is 2.24 bits per heavy atom. The van der Waals surface area contributed by atoms with E-state index < -0.39 is 0 Å². The summed E-state index contributed by atoms with van der Waals surface area (Å²) < 4.78 is 5.98. The van der Waals surface area contributed by atoms with Gasteiger partial charge in [-0.3, -0.25) is 9.88 Å². The second kappa shape index (κ2) is 6.97. The largest absolute Gasteiger partial charge is 0.376 e. The van der Waals surface area contributed by atoms with Gasteiger partial charge in [-0.2, -0.15) is 0 Å². The maximum atomic E-state index is 5.98. The van der Waals surface area contributed by atoms with Crippen LogP contribution in [0.25, 0.3) is 0 Å². The van der Waals surface area contributed by atoms with Crippen LogP contribution >= 0.6 is 11.3 Å². The van der Waals surface area contributed by atoms with Crippen molar-refractivity contribution in [2.75, 3.05) is 38.2 Å². The van der Waals surface area contributed by atoms with Crippen molar-refractivity contribution in [2.45, 2.75) is 31.9 Å². The monoisotopic (exact) mass is 359 g/mol. The summed E-state index contributed by atoms with van der Waals surface area (Å²) in [4.78, 5) is 9.04. The fourth-order valence-corrected chi connectivity index (χ4v) is 4.65. The number of hydrogen-bond donors (Lipinski definition) is 0. The molecule has 0 radical (unpaired) electrons. The molecule has 0 unspecified atom stereocenters. The molecule has 7 heteroatoms. The molecule has 0 aliphatic carbocycles. The Bertz CT molecular complexity index is 701. The highest BCUT2D eigenvalue weighted by molar-refractivity contribution is 7.15. The van der Waals surface area contributed by atoms with Crippen molar-refractivity contribution in [2.24, 2.45) is 5.92 Å². The number of hydrogen-bond acceptors (Lipinski definition) is 7. The lowest BCUT2D eigenvalue weighted by Crippen LogP contribution is -2.72. The molecule has 0 amide bonds. The second-order valence-electron chi connectivity index (χ2n) is 7.34. The highest BCUT2D eigenvalue weighted by Crippen LogP contribution is 2.41. The number of aromatic nitrogens is 3. The van der Waals surface area contributed by atoms with E-state index in [2.05, 4.69) is 38.1 Å². The maximum Gasteiger partial charge on any atom is 0.208 e. The highest BCUT2D eigenvalue weighted by atomic mass is 32.1. The van der Waals surface area contributed by atoms with E-state index in [1.54, 1.807) is 17.5 Å². The number of rotatable bonds is 5. The third-order valence-corrected chi connectivity index (χ3v) is 6.35. The summed E-state index contributed by atoms with van der Waals surface area (Å²) in [6.45, 7) is 6.75. The average molecular weight is 359 g/mol. The van der Waals surface area contributed by atoms with Gasteiger partial charge in [0.2, 0.25) is 5.13 Å². The number of nitrogens with zero attached hydrogens (tertiary/aromatic N) is 5. The molecule has 2 aliphatic heterocycles. The first kappa shape index (κ1) is 16.9. The first-order valence-corrected chi connectivity index (χ1v) is 9.69. The van der Waals surface area contributed by atoms with Crippen molar-refractivity contribution in [3.05, 3.63) is 35.1 Å². The molecule has 0 aromatic carbocycles. The molecule has 1 atom stereocenters. The summed E-state index contributed by atoms with van der Waals surface area (Å²) in [7, 11) is 2.26.